The Hall–Kier alpha value is -1.85. The lowest BCUT2D eigenvalue weighted by atomic mass is 10.0. The van der Waals surface area contributed by atoms with Crippen LogP contribution >= 0.6 is 0 Å². The van der Waals surface area contributed by atoms with Crippen molar-refractivity contribution in [2.75, 3.05) is 40.3 Å². The third-order valence-corrected chi connectivity index (χ3v) is 11.6. The average molecular weight is 805 g/mol. The third kappa shape index (κ3) is 39.4. The summed E-state index contributed by atoms with van der Waals surface area (Å²) in [5, 5.41) is 12.1. The van der Waals surface area contributed by atoms with Gasteiger partial charge in [0.25, 0.3) is 0 Å². The Kier molecular flexibility index (Phi) is 42.3. The molecule has 0 fully saturated rings. The van der Waals surface area contributed by atoms with Crippen LogP contribution in [0.4, 0.5) is 0 Å². The minimum absolute atomic E-state index is 0.0174. The molecule has 1 atom stereocenters. The molecule has 1 unspecified atom stereocenters. The highest BCUT2D eigenvalue weighted by atomic mass is 16.5. The van der Waals surface area contributed by atoms with E-state index in [1.807, 2.05) is 14.1 Å². The van der Waals surface area contributed by atoms with Gasteiger partial charge in [-0.1, -0.05) is 162 Å². The van der Waals surface area contributed by atoms with Crippen molar-refractivity contribution in [2.45, 2.75) is 258 Å². The largest absolute Gasteiger partial charge is 0.466 e. The molecule has 0 amide bonds. The van der Waals surface area contributed by atoms with Crippen molar-refractivity contribution < 1.29 is 19.1 Å². The van der Waals surface area contributed by atoms with Gasteiger partial charge in [0, 0.05) is 12.8 Å². The smallest absolute Gasteiger partial charge is 0.306 e. The van der Waals surface area contributed by atoms with Crippen LogP contribution in [-0.2, 0) is 19.1 Å². The number of carbonyl (C=O) groups excluding carboxylic acids is 2. The molecule has 0 aromatic carbocycles. The van der Waals surface area contributed by atoms with Crippen molar-refractivity contribution in [1.82, 2.24) is 15.1 Å². The lowest BCUT2D eigenvalue weighted by molar-refractivity contribution is -0.150. The van der Waals surface area contributed by atoms with Crippen LogP contribution < -0.4 is 5.32 Å². The van der Waals surface area contributed by atoms with E-state index >= 15 is 0 Å². The zero-order valence-corrected chi connectivity index (χ0v) is 38.7. The molecule has 1 N–H and O–H groups in total. The van der Waals surface area contributed by atoms with Crippen LogP contribution in [0.25, 0.3) is 0 Å². The fraction of sp³-hybridized carbons (Fsp3) is 0.939. The van der Waals surface area contributed by atoms with Crippen molar-refractivity contribution >= 4 is 11.9 Å². The van der Waals surface area contributed by atoms with E-state index in [0.29, 0.717) is 19.4 Å². The number of carbonyl (C=O) groups is 2. The summed E-state index contributed by atoms with van der Waals surface area (Å²) in [6.45, 7) is 10.6. The van der Waals surface area contributed by atoms with Crippen LogP contribution in [0, 0.1) is 11.5 Å². The molecule has 57 heavy (non-hydrogen) atoms. The number of hydrogen-bond acceptors (Lipinski definition) is 8. The summed E-state index contributed by atoms with van der Waals surface area (Å²) in [5.41, 5.74) is 0. The first kappa shape index (κ1) is 55.2. The minimum Gasteiger partial charge on any atom is -0.466 e. The first-order valence-electron chi connectivity index (χ1n) is 24.8. The summed E-state index contributed by atoms with van der Waals surface area (Å²) in [4.78, 5) is 29.7. The van der Waals surface area contributed by atoms with E-state index in [9.17, 15) is 9.59 Å². The topological polar surface area (TPSA) is 94.9 Å². The summed E-state index contributed by atoms with van der Waals surface area (Å²) in [7, 11) is 4.04. The van der Waals surface area contributed by atoms with Crippen LogP contribution in [0.2, 0.25) is 0 Å². The molecule has 336 valence electrons. The number of ether oxygens (including phenoxy) is 2. The standard InChI is InChI=1S/C49H96N4O4/c1-6-9-12-15-18-27-34-44-56-48(54)39-30-23-19-25-32-41-53(43-35-38-47(51-45-50)52(4)5)42-33-26-20-24-31-40-49(55)57-46(36-28-21-16-13-10-7-2)37-29-22-17-14-11-8-3/h46-47,51H,6-44H2,1-5H3. The number of unbranched alkanes of at least 4 members (excludes halogenated alkanes) is 24. The second-order valence-corrected chi connectivity index (χ2v) is 17.3. The lowest BCUT2D eigenvalue weighted by Crippen LogP contribution is -2.39. The van der Waals surface area contributed by atoms with Gasteiger partial charge in [-0.3, -0.25) is 14.5 Å². The molecule has 0 radical (unpaired) electrons. The summed E-state index contributed by atoms with van der Waals surface area (Å²) in [5.74, 6) is -0.0101. The molecule has 8 heteroatoms. The van der Waals surface area contributed by atoms with Crippen LogP contribution in [0.15, 0.2) is 0 Å². The monoisotopic (exact) mass is 805 g/mol. The fourth-order valence-electron chi connectivity index (χ4n) is 7.78. The van der Waals surface area contributed by atoms with Crippen molar-refractivity contribution in [1.29, 1.82) is 5.26 Å². The Bertz CT molecular complexity index is 894. The number of nitrogens with zero attached hydrogens (tertiary/aromatic N) is 3. The van der Waals surface area contributed by atoms with E-state index in [1.165, 1.54) is 135 Å². The first-order chi connectivity index (χ1) is 27.9. The maximum absolute atomic E-state index is 12.8. The van der Waals surface area contributed by atoms with Crippen LogP contribution in [0.5, 0.6) is 0 Å². The molecule has 0 rings (SSSR count). The molecule has 0 aliphatic rings. The highest BCUT2D eigenvalue weighted by Gasteiger charge is 2.15. The van der Waals surface area contributed by atoms with Gasteiger partial charge in [0.05, 0.1) is 12.8 Å². The number of nitrogens with one attached hydrogen (secondary N) is 1. The van der Waals surface area contributed by atoms with Crippen LogP contribution in [0.1, 0.15) is 245 Å². The summed E-state index contributed by atoms with van der Waals surface area (Å²) >= 11 is 0. The SMILES string of the molecule is CCCCCCCCCOC(=O)CCCCCCCN(CCCCCCCC(=O)OC(CCCCCCCC)CCCCCCCC)CCCC(NC#N)N(C)C. The number of nitriles is 1. The molecule has 0 aromatic heterocycles. The summed E-state index contributed by atoms with van der Waals surface area (Å²) < 4.78 is 11.5. The van der Waals surface area contributed by atoms with Crippen molar-refractivity contribution in [3.8, 4) is 6.19 Å². The first-order valence-corrected chi connectivity index (χ1v) is 24.8. The Labute approximate surface area is 354 Å². The van der Waals surface area contributed by atoms with Gasteiger partial charge >= 0.3 is 11.9 Å². The number of rotatable bonds is 45. The quantitative estimate of drug-likeness (QED) is 0.0214. The predicted molar refractivity (Wildman–Crippen MR) is 242 cm³/mol. The van der Waals surface area contributed by atoms with Gasteiger partial charge in [0.15, 0.2) is 6.19 Å². The van der Waals surface area contributed by atoms with E-state index in [1.54, 1.807) is 0 Å². The fourth-order valence-corrected chi connectivity index (χ4v) is 7.78. The highest BCUT2D eigenvalue weighted by Crippen LogP contribution is 2.19. The summed E-state index contributed by atoms with van der Waals surface area (Å²) in [6.07, 6.45) is 42.6. The van der Waals surface area contributed by atoms with Gasteiger partial charge < -0.3 is 19.7 Å². The van der Waals surface area contributed by atoms with E-state index in [-0.39, 0.29) is 24.2 Å². The molecule has 0 heterocycles. The molecule has 0 aliphatic carbocycles. The van der Waals surface area contributed by atoms with Gasteiger partial charge in [-0.25, -0.2) is 0 Å². The zero-order chi connectivity index (χ0) is 41.9. The van der Waals surface area contributed by atoms with Crippen molar-refractivity contribution in [2.24, 2.45) is 0 Å². The molecule has 0 aromatic rings. The molecule has 0 saturated carbocycles. The predicted octanol–water partition coefficient (Wildman–Crippen LogP) is 13.4. The second-order valence-electron chi connectivity index (χ2n) is 17.3. The third-order valence-electron chi connectivity index (χ3n) is 11.6. The summed E-state index contributed by atoms with van der Waals surface area (Å²) in [6, 6.07) is 0. The molecule has 0 saturated heterocycles. The Morgan fingerprint density at radius 2 is 0.912 bits per heavy atom. The van der Waals surface area contributed by atoms with E-state index in [4.69, 9.17) is 14.7 Å². The average Bonchev–Trinajstić information content (AvgIpc) is 3.19. The van der Waals surface area contributed by atoms with E-state index < -0.39 is 0 Å². The van der Waals surface area contributed by atoms with Gasteiger partial charge in [0.2, 0.25) is 0 Å². The Morgan fingerprint density at radius 1 is 0.509 bits per heavy atom. The molecule has 8 nitrogen and oxygen atoms in total. The molecular weight excluding hydrogens is 709 g/mol. The van der Waals surface area contributed by atoms with Gasteiger partial charge in [0.1, 0.15) is 6.10 Å². The minimum atomic E-state index is -0.0275. The molecule has 0 aliphatic heterocycles. The second kappa shape index (κ2) is 43.7. The molecular formula is C49H96N4O4. The van der Waals surface area contributed by atoms with Crippen molar-refractivity contribution in [3.05, 3.63) is 0 Å². The Morgan fingerprint density at radius 3 is 1.39 bits per heavy atom. The normalized spacial score (nSPS) is 12.1. The lowest BCUT2D eigenvalue weighted by Gasteiger charge is -2.26. The van der Waals surface area contributed by atoms with E-state index in [0.717, 1.165) is 96.7 Å². The van der Waals surface area contributed by atoms with Gasteiger partial charge in [-0.05, 0) is 104 Å². The Balaban J connectivity index is 4.45. The molecule has 0 bridgehead atoms. The highest BCUT2D eigenvalue weighted by molar-refractivity contribution is 5.69. The van der Waals surface area contributed by atoms with Crippen LogP contribution in [0.3, 0.4) is 0 Å². The van der Waals surface area contributed by atoms with E-state index in [2.05, 4.69) is 42.1 Å². The molecule has 0 spiro atoms. The van der Waals surface area contributed by atoms with Gasteiger partial charge in [-0.15, -0.1) is 0 Å². The maximum atomic E-state index is 12.8. The number of hydrogen-bond donors (Lipinski definition) is 1. The maximum Gasteiger partial charge on any atom is 0.306 e. The van der Waals surface area contributed by atoms with Gasteiger partial charge in [-0.2, -0.15) is 5.26 Å². The zero-order valence-electron chi connectivity index (χ0n) is 38.7. The van der Waals surface area contributed by atoms with Crippen LogP contribution in [-0.4, -0.2) is 74.3 Å². The number of esters is 2. The van der Waals surface area contributed by atoms with Crippen molar-refractivity contribution in [3.63, 3.8) is 0 Å².